The highest BCUT2D eigenvalue weighted by atomic mass is 35.5. The quantitative estimate of drug-likeness (QED) is 0.238. The Kier molecular flexibility index (Phi) is 10.5. The first kappa shape index (κ1) is 29.3. The van der Waals surface area contributed by atoms with Crippen LogP contribution < -0.4 is 9.62 Å². The lowest BCUT2D eigenvalue weighted by Crippen LogP contribution is -2.51. The first-order valence-electron chi connectivity index (χ1n) is 11.1. The number of non-ortho nitro benzene ring substituents is 1. The number of nitro benzene ring substituents is 1. The molecule has 0 aliphatic heterocycles. The number of anilines is 1. The van der Waals surface area contributed by atoms with Crippen LogP contribution in [0, 0.1) is 10.1 Å². The number of amides is 2. The van der Waals surface area contributed by atoms with E-state index in [-0.39, 0.29) is 28.0 Å². The molecule has 2 aromatic carbocycles. The zero-order chi connectivity index (χ0) is 27.0. The molecular weight excluding hydrogens is 531 g/mol. The van der Waals surface area contributed by atoms with E-state index < -0.39 is 39.3 Å². The molecule has 0 aromatic heterocycles. The topological polar surface area (TPSA) is 130 Å². The first-order valence-corrected chi connectivity index (χ1v) is 13.7. The van der Waals surface area contributed by atoms with Crippen molar-refractivity contribution in [3.63, 3.8) is 0 Å². The highest BCUT2D eigenvalue weighted by Crippen LogP contribution is 2.28. The fraction of sp³-hybridized carbons (Fsp3) is 0.391. The molecule has 0 aliphatic carbocycles. The van der Waals surface area contributed by atoms with E-state index in [1.165, 1.54) is 30.0 Å². The number of nitrogens with zero attached hydrogens (tertiary/aromatic N) is 3. The molecule has 0 radical (unpaired) electrons. The maximum absolute atomic E-state index is 13.5. The molecule has 1 atom stereocenters. The van der Waals surface area contributed by atoms with Gasteiger partial charge in [0.15, 0.2) is 0 Å². The van der Waals surface area contributed by atoms with Crippen LogP contribution in [0.4, 0.5) is 11.4 Å². The SMILES string of the molecule is CCCCNC(=O)C(C)N(Cc1c(Cl)cccc1Cl)C(=O)CN(c1cccc([N+](=O)[O-])c1)S(C)(=O)=O. The van der Waals surface area contributed by atoms with Crippen LogP contribution >= 0.6 is 23.2 Å². The summed E-state index contributed by atoms with van der Waals surface area (Å²) in [5.41, 5.74) is -0.00329. The fourth-order valence-electron chi connectivity index (χ4n) is 3.35. The van der Waals surface area contributed by atoms with E-state index in [1.807, 2.05) is 6.92 Å². The summed E-state index contributed by atoms with van der Waals surface area (Å²) in [7, 11) is -4.03. The van der Waals surface area contributed by atoms with Crippen molar-refractivity contribution in [2.75, 3.05) is 23.7 Å². The maximum Gasteiger partial charge on any atom is 0.271 e. The zero-order valence-electron chi connectivity index (χ0n) is 20.1. The second-order valence-electron chi connectivity index (χ2n) is 8.09. The third-order valence-electron chi connectivity index (χ3n) is 5.39. The lowest BCUT2D eigenvalue weighted by Gasteiger charge is -2.31. The van der Waals surface area contributed by atoms with Crippen molar-refractivity contribution in [3.05, 3.63) is 68.2 Å². The molecule has 196 valence electrons. The van der Waals surface area contributed by atoms with Crippen LogP contribution in [0.25, 0.3) is 0 Å². The van der Waals surface area contributed by atoms with Crippen molar-refractivity contribution in [2.24, 2.45) is 0 Å². The van der Waals surface area contributed by atoms with Gasteiger partial charge in [-0.1, -0.05) is 48.7 Å². The highest BCUT2D eigenvalue weighted by Gasteiger charge is 2.31. The van der Waals surface area contributed by atoms with E-state index in [1.54, 1.807) is 18.2 Å². The van der Waals surface area contributed by atoms with Gasteiger partial charge in [0.25, 0.3) is 5.69 Å². The van der Waals surface area contributed by atoms with Crippen LogP contribution in [-0.4, -0.2) is 55.4 Å². The minimum absolute atomic E-state index is 0.0594. The van der Waals surface area contributed by atoms with Gasteiger partial charge in [-0.25, -0.2) is 8.42 Å². The summed E-state index contributed by atoms with van der Waals surface area (Å²) in [6.07, 6.45) is 2.49. The Morgan fingerprint density at radius 3 is 2.31 bits per heavy atom. The van der Waals surface area contributed by atoms with Gasteiger partial charge in [0.2, 0.25) is 21.8 Å². The lowest BCUT2D eigenvalue weighted by molar-refractivity contribution is -0.384. The van der Waals surface area contributed by atoms with Crippen LogP contribution in [0.15, 0.2) is 42.5 Å². The van der Waals surface area contributed by atoms with Crippen LogP contribution in [0.1, 0.15) is 32.3 Å². The van der Waals surface area contributed by atoms with Gasteiger partial charge in [-0.3, -0.25) is 24.0 Å². The van der Waals surface area contributed by atoms with Crippen LogP contribution in [0.3, 0.4) is 0 Å². The van der Waals surface area contributed by atoms with E-state index in [2.05, 4.69) is 5.32 Å². The van der Waals surface area contributed by atoms with Gasteiger partial charge in [0, 0.05) is 40.8 Å². The largest absolute Gasteiger partial charge is 0.354 e. The molecule has 0 saturated heterocycles. The number of carbonyl (C=O) groups excluding carboxylic acids is 2. The van der Waals surface area contributed by atoms with Gasteiger partial charge in [0.1, 0.15) is 12.6 Å². The second kappa shape index (κ2) is 12.9. The van der Waals surface area contributed by atoms with Crippen LogP contribution in [0.5, 0.6) is 0 Å². The van der Waals surface area contributed by atoms with E-state index in [0.29, 0.717) is 12.1 Å². The van der Waals surface area contributed by atoms with Gasteiger partial charge in [-0.2, -0.15) is 0 Å². The number of benzene rings is 2. The Bertz CT molecular complexity index is 1200. The molecule has 10 nitrogen and oxygen atoms in total. The van der Waals surface area contributed by atoms with Gasteiger partial charge in [-0.15, -0.1) is 0 Å². The molecule has 1 unspecified atom stereocenters. The molecule has 0 aliphatic rings. The maximum atomic E-state index is 13.5. The van der Waals surface area contributed by atoms with E-state index in [0.717, 1.165) is 29.5 Å². The Balaban J connectivity index is 2.45. The number of hydrogen-bond donors (Lipinski definition) is 1. The summed E-state index contributed by atoms with van der Waals surface area (Å²) < 4.78 is 25.9. The normalized spacial score (nSPS) is 12.0. The number of rotatable bonds is 12. The molecule has 36 heavy (non-hydrogen) atoms. The smallest absolute Gasteiger partial charge is 0.271 e. The van der Waals surface area contributed by atoms with Crippen molar-refractivity contribution in [3.8, 4) is 0 Å². The van der Waals surface area contributed by atoms with Gasteiger partial charge < -0.3 is 10.2 Å². The van der Waals surface area contributed by atoms with Crippen molar-refractivity contribution in [2.45, 2.75) is 39.3 Å². The fourth-order valence-corrected chi connectivity index (χ4v) is 4.71. The number of sulfonamides is 1. The molecule has 0 bridgehead atoms. The molecule has 2 rings (SSSR count). The zero-order valence-corrected chi connectivity index (χ0v) is 22.4. The molecule has 1 N–H and O–H groups in total. The van der Waals surface area contributed by atoms with Crippen molar-refractivity contribution in [1.29, 1.82) is 0 Å². The Labute approximate surface area is 220 Å². The molecule has 0 heterocycles. The molecular formula is C23H28Cl2N4O6S. The summed E-state index contributed by atoms with van der Waals surface area (Å²) >= 11 is 12.6. The lowest BCUT2D eigenvalue weighted by atomic mass is 10.1. The number of nitrogens with one attached hydrogen (secondary N) is 1. The summed E-state index contributed by atoms with van der Waals surface area (Å²) in [5, 5.41) is 14.5. The Morgan fingerprint density at radius 2 is 1.75 bits per heavy atom. The predicted molar refractivity (Wildman–Crippen MR) is 140 cm³/mol. The third-order valence-corrected chi connectivity index (χ3v) is 7.24. The number of carbonyl (C=O) groups is 2. The van der Waals surface area contributed by atoms with Gasteiger partial charge in [-0.05, 0) is 31.5 Å². The van der Waals surface area contributed by atoms with Crippen LogP contribution in [-0.2, 0) is 26.2 Å². The predicted octanol–water partition coefficient (Wildman–Crippen LogP) is 4.00. The average Bonchev–Trinajstić information content (AvgIpc) is 2.81. The molecule has 13 heteroatoms. The monoisotopic (exact) mass is 558 g/mol. The molecule has 2 amide bonds. The molecule has 2 aromatic rings. The summed E-state index contributed by atoms with van der Waals surface area (Å²) in [5.74, 6) is -1.15. The number of unbranched alkanes of at least 4 members (excludes halogenated alkanes) is 1. The van der Waals surface area contributed by atoms with Crippen molar-refractivity contribution < 1.29 is 22.9 Å². The first-order chi connectivity index (χ1) is 16.9. The molecule has 0 saturated carbocycles. The minimum atomic E-state index is -4.03. The number of nitro groups is 1. The standard InChI is InChI=1S/C23H28Cl2N4O6S/c1-4-5-12-26-23(31)16(2)27(14-19-20(24)10-7-11-21(19)25)22(30)15-28(36(3,34)35)17-8-6-9-18(13-17)29(32)33/h6-11,13,16H,4-5,12,14-15H2,1-3H3,(H,26,31). The third kappa shape index (κ3) is 7.81. The highest BCUT2D eigenvalue weighted by molar-refractivity contribution is 7.92. The van der Waals surface area contributed by atoms with E-state index >= 15 is 0 Å². The van der Waals surface area contributed by atoms with Crippen LogP contribution in [0.2, 0.25) is 10.0 Å². The molecule has 0 fully saturated rings. The Morgan fingerprint density at radius 1 is 1.14 bits per heavy atom. The summed E-state index contributed by atoms with van der Waals surface area (Å²) in [4.78, 5) is 38.0. The average molecular weight is 559 g/mol. The van der Waals surface area contributed by atoms with Crippen molar-refractivity contribution in [1.82, 2.24) is 10.2 Å². The number of hydrogen-bond acceptors (Lipinski definition) is 6. The minimum Gasteiger partial charge on any atom is -0.354 e. The second-order valence-corrected chi connectivity index (χ2v) is 10.8. The van der Waals surface area contributed by atoms with Crippen molar-refractivity contribution >= 4 is 56.4 Å². The van der Waals surface area contributed by atoms with Gasteiger partial charge in [0.05, 0.1) is 16.9 Å². The van der Waals surface area contributed by atoms with E-state index in [4.69, 9.17) is 23.2 Å². The molecule has 0 spiro atoms. The Hall–Kier alpha value is -2.89. The van der Waals surface area contributed by atoms with Gasteiger partial charge >= 0.3 is 0 Å². The van der Waals surface area contributed by atoms with E-state index in [9.17, 15) is 28.1 Å². The summed E-state index contributed by atoms with van der Waals surface area (Å²) in [6, 6.07) is 8.75. The number of halogens is 2. The summed E-state index contributed by atoms with van der Waals surface area (Å²) in [6.45, 7) is 3.04.